The van der Waals surface area contributed by atoms with Gasteiger partial charge in [-0.2, -0.15) is 0 Å². The van der Waals surface area contributed by atoms with Crippen molar-refractivity contribution in [3.8, 4) is 0 Å². The molecule has 0 amide bonds. The van der Waals surface area contributed by atoms with Gasteiger partial charge < -0.3 is 10.1 Å². The predicted molar refractivity (Wildman–Crippen MR) is 37.9 cm³/mol. The molecule has 0 unspecified atom stereocenters. The smallest absolute Gasteiger partial charge is 0.310 e. The van der Waals surface area contributed by atoms with Crippen LogP contribution in [0.5, 0.6) is 0 Å². The molecule has 1 saturated heterocycles. The van der Waals surface area contributed by atoms with Crippen LogP contribution in [0.15, 0.2) is 0 Å². The van der Waals surface area contributed by atoms with E-state index < -0.39 is 24.2 Å². The summed E-state index contributed by atoms with van der Waals surface area (Å²) in [6, 6.07) is 0. The van der Waals surface area contributed by atoms with Crippen molar-refractivity contribution in [3.05, 3.63) is 0 Å². The fraction of sp³-hybridized carbons (Fsp3) is 0.857. The molecule has 1 aliphatic heterocycles. The molecular formula is C7H11F2NO2. The van der Waals surface area contributed by atoms with Gasteiger partial charge >= 0.3 is 5.97 Å². The zero-order valence-electron chi connectivity index (χ0n) is 6.77. The minimum Gasteiger partial charge on any atom is -0.469 e. The van der Waals surface area contributed by atoms with Crippen molar-refractivity contribution in [3.63, 3.8) is 0 Å². The summed E-state index contributed by atoms with van der Waals surface area (Å²) in [5, 5.41) is 2.49. The molecule has 0 aliphatic carbocycles. The van der Waals surface area contributed by atoms with Crippen LogP contribution in [-0.2, 0) is 9.53 Å². The molecule has 0 aromatic rings. The number of nitrogens with one attached hydrogen (secondary N) is 1. The molecular weight excluding hydrogens is 168 g/mol. The summed E-state index contributed by atoms with van der Waals surface area (Å²) in [6.07, 6.45) is -0.410. The second kappa shape index (κ2) is 3.35. The third kappa shape index (κ3) is 2.14. The van der Waals surface area contributed by atoms with Gasteiger partial charge in [-0.25, -0.2) is 8.78 Å². The van der Waals surface area contributed by atoms with Crippen molar-refractivity contribution in [1.29, 1.82) is 0 Å². The highest BCUT2D eigenvalue weighted by molar-refractivity contribution is 5.72. The summed E-state index contributed by atoms with van der Waals surface area (Å²) in [7, 11) is 1.20. The molecule has 1 rings (SSSR count). The number of hydrogen-bond donors (Lipinski definition) is 1. The normalized spacial score (nSPS) is 28.1. The third-order valence-corrected chi connectivity index (χ3v) is 1.85. The Labute approximate surface area is 69.1 Å². The van der Waals surface area contributed by atoms with E-state index in [2.05, 4.69) is 10.1 Å². The molecule has 1 N–H and O–H groups in total. The number of piperidine rings is 1. The van der Waals surface area contributed by atoms with Crippen LogP contribution >= 0.6 is 0 Å². The average molecular weight is 179 g/mol. The molecule has 1 aliphatic rings. The number of halogens is 2. The molecule has 70 valence electrons. The maximum absolute atomic E-state index is 12.7. The maximum Gasteiger partial charge on any atom is 0.310 e. The van der Waals surface area contributed by atoms with Crippen LogP contribution in [0.2, 0.25) is 0 Å². The van der Waals surface area contributed by atoms with Gasteiger partial charge in [-0.1, -0.05) is 0 Å². The lowest BCUT2D eigenvalue weighted by Crippen LogP contribution is -2.46. The van der Waals surface area contributed by atoms with E-state index in [-0.39, 0.29) is 13.1 Å². The summed E-state index contributed by atoms with van der Waals surface area (Å²) in [6.45, 7) is -0.0667. The Bertz CT molecular complexity index is 184. The number of esters is 1. The van der Waals surface area contributed by atoms with Crippen LogP contribution in [0, 0.1) is 5.92 Å². The topological polar surface area (TPSA) is 38.3 Å². The number of rotatable bonds is 1. The van der Waals surface area contributed by atoms with E-state index >= 15 is 0 Å². The van der Waals surface area contributed by atoms with Crippen LogP contribution in [0.3, 0.4) is 0 Å². The molecule has 12 heavy (non-hydrogen) atoms. The molecule has 0 aromatic carbocycles. The fourth-order valence-corrected chi connectivity index (χ4v) is 1.27. The largest absolute Gasteiger partial charge is 0.469 e. The van der Waals surface area contributed by atoms with Crippen molar-refractivity contribution in [1.82, 2.24) is 5.32 Å². The minimum absolute atomic E-state index is 0.280. The Balaban J connectivity index is 2.52. The zero-order chi connectivity index (χ0) is 9.19. The number of alkyl halides is 2. The Morgan fingerprint density at radius 1 is 1.67 bits per heavy atom. The van der Waals surface area contributed by atoms with E-state index in [0.717, 1.165) is 0 Å². The first kappa shape index (κ1) is 9.38. The Morgan fingerprint density at radius 2 is 2.33 bits per heavy atom. The van der Waals surface area contributed by atoms with E-state index in [9.17, 15) is 13.6 Å². The molecule has 0 bridgehead atoms. The van der Waals surface area contributed by atoms with Crippen LogP contribution in [0.1, 0.15) is 6.42 Å². The summed E-state index contributed by atoms with van der Waals surface area (Å²) in [5.74, 6) is -4.06. The van der Waals surface area contributed by atoms with Crippen LogP contribution in [0.25, 0.3) is 0 Å². The number of hydrogen-bond acceptors (Lipinski definition) is 3. The molecule has 1 fully saturated rings. The molecule has 5 heteroatoms. The lowest BCUT2D eigenvalue weighted by Gasteiger charge is -2.27. The first-order chi connectivity index (χ1) is 5.55. The molecule has 0 radical (unpaired) electrons. The Morgan fingerprint density at radius 3 is 2.83 bits per heavy atom. The first-order valence-electron chi connectivity index (χ1n) is 3.71. The molecule has 3 nitrogen and oxygen atoms in total. The van der Waals surface area contributed by atoms with E-state index in [1.165, 1.54) is 7.11 Å². The quantitative estimate of drug-likeness (QED) is 0.592. The Hall–Kier alpha value is -0.710. The summed E-state index contributed by atoms with van der Waals surface area (Å²) in [5.41, 5.74) is 0. The second-order valence-corrected chi connectivity index (χ2v) is 2.91. The summed E-state index contributed by atoms with van der Waals surface area (Å²) in [4.78, 5) is 10.9. The van der Waals surface area contributed by atoms with E-state index in [0.29, 0.717) is 0 Å². The predicted octanol–water partition coefficient (Wildman–Crippen LogP) is 0.404. The fourth-order valence-electron chi connectivity index (χ4n) is 1.27. The SMILES string of the molecule is COC(=O)[C@H]1CNCC(F)(F)C1. The van der Waals surface area contributed by atoms with Gasteiger partial charge in [-0.3, -0.25) is 4.79 Å². The third-order valence-electron chi connectivity index (χ3n) is 1.85. The monoisotopic (exact) mass is 179 g/mol. The van der Waals surface area contributed by atoms with Crippen molar-refractivity contribution >= 4 is 5.97 Å². The standard InChI is InChI=1S/C7H11F2NO2/c1-12-6(11)5-2-7(8,9)4-10-3-5/h5,10H,2-4H2,1H3/t5-/m1/s1. The van der Waals surface area contributed by atoms with Crippen molar-refractivity contribution in [2.45, 2.75) is 12.3 Å². The highest BCUT2D eigenvalue weighted by Gasteiger charge is 2.39. The van der Waals surface area contributed by atoms with Crippen molar-refractivity contribution in [2.75, 3.05) is 20.2 Å². The Kier molecular flexibility index (Phi) is 2.62. The summed E-state index contributed by atoms with van der Waals surface area (Å²) >= 11 is 0. The average Bonchev–Trinajstić information content (AvgIpc) is 2.01. The number of carbonyl (C=O) groups is 1. The van der Waals surface area contributed by atoms with Crippen LogP contribution in [-0.4, -0.2) is 32.1 Å². The van der Waals surface area contributed by atoms with Gasteiger partial charge in [-0.15, -0.1) is 0 Å². The molecule has 0 spiro atoms. The zero-order valence-corrected chi connectivity index (χ0v) is 6.77. The second-order valence-electron chi connectivity index (χ2n) is 2.91. The van der Waals surface area contributed by atoms with Crippen molar-refractivity contribution < 1.29 is 18.3 Å². The van der Waals surface area contributed by atoms with E-state index in [1.807, 2.05) is 0 Å². The van der Waals surface area contributed by atoms with E-state index in [1.54, 1.807) is 0 Å². The van der Waals surface area contributed by atoms with Crippen molar-refractivity contribution in [2.24, 2.45) is 5.92 Å². The summed E-state index contributed by atoms with van der Waals surface area (Å²) < 4.78 is 29.7. The van der Waals surface area contributed by atoms with Crippen LogP contribution < -0.4 is 5.32 Å². The lowest BCUT2D eigenvalue weighted by molar-refractivity contribution is -0.151. The van der Waals surface area contributed by atoms with Gasteiger partial charge in [0.1, 0.15) is 0 Å². The highest BCUT2D eigenvalue weighted by Crippen LogP contribution is 2.26. The van der Waals surface area contributed by atoms with Gasteiger partial charge in [0.2, 0.25) is 0 Å². The van der Waals surface area contributed by atoms with Gasteiger partial charge in [0.15, 0.2) is 0 Å². The highest BCUT2D eigenvalue weighted by atomic mass is 19.3. The molecule has 1 atom stereocenters. The van der Waals surface area contributed by atoms with Gasteiger partial charge in [0.05, 0.1) is 19.6 Å². The molecule has 0 saturated carbocycles. The van der Waals surface area contributed by atoms with E-state index in [4.69, 9.17) is 0 Å². The van der Waals surface area contributed by atoms with Crippen LogP contribution in [0.4, 0.5) is 8.78 Å². The minimum atomic E-state index is -2.78. The number of methoxy groups -OCH3 is 1. The number of ether oxygens (including phenoxy) is 1. The molecule has 0 aromatic heterocycles. The molecule has 1 heterocycles. The lowest BCUT2D eigenvalue weighted by atomic mass is 9.97. The first-order valence-corrected chi connectivity index (χ1v) is 3.71. The van der Waals surface area contributed by atoms with Gasteiger partial charge in [0, 0.05) is 13.0 Å². The van der Waals surface area contributed by atoms with Gasteiger partial charge in [-0.05, 0) is 0 Å². The van der Waals surface area contributed by atoms with Gasteiger partial charge in [0.25, 0.3) is 5.92 Å². The number of carbonyl (C=O) groups excluding carboxylic acids is 1. The maximum atomic E-state index is 12.7.